The molecule has 0 aliphatic carbocycles. The number of esters is 1. The Kier molecular flexibility index (Phi) is 7.76. The van der Waals surface area contributed by atoms with E-state index in [2.05, 4.69) is 65.2 Å². The first-order chi connectivity index (χ1) is 19.1. The van der Waals surface area contributed by atoms with Crippen molar-refractivity contribution >= 4 is 17.0 Å². The van der Waals surface area contributed by atoms with Gasteiger partial charge in [0.05, 0.1) is 19.0 Å². The Labute approximate surface area is 234 Å². The summed E-state index contributed by atoms with van der Waals surface area (Å²) in [5.41, 5.74) is 7.92. The molecule has 0 fully saturated rings. The standard InChI is InChI=1S/C31H37N5O4/c1-18(2)28-17-36(16-25-27(40-28)11-12-29(37)32-25)15-22-13-21(8-7-19(22)3)24(14-30(38)39-6)23-9-10-26-31(20(23)4)33-34-35(26)5/h7-13,18,24,28H,14-17H2,1-6H3,(H,32,37)/t24-,28-/m0/s1. The van der Waals surface area contributed by atoms with E-state index >= 15 is 0 Å². The van der Waals surface area contributed by atoms with Gasteiger partial charge in [-0.3, -0.25) is 9.69 Å². The number of benzene rings is 2. The quantitative estimate of drug-likeness (QED) is 0.332. The summed E-state index contributed by atoms with van der Waals surface area (Å²) in [6.45, 7) is 10.4. The molecule has 1 aliphatic rings. The van der Waals surface area contributed by atoms with Crippen molar-refractivity contribution in [2.45, 2.75) is 59.2 Å². The second-order valence-electron chi connectivity index (χ2n) is 11.1. The average molecular weight is 544 g/mol. The van der Waals surface area contributed by atoms with Crippen LogP contribution in [0.2, 0.25) is 0 Å². The van der Waals surface area contributed by atoms with Crippen LogP contribution in [0.4, 0.5) is 0 Å². The third kappa shape index (κ3) is 5.51. The Balaban J connectivity index is 1.51. The summed E-state index contributed by atoms with van der Waals surface area (Å²) in [6.07, 6.45) is 0.208. The molecule has 0 radical (unpaired) electrons. The summed E-state index contributed by atoms with van der Waals surface area (Å²) < 4.78 is 13.2. The first kappa shape index (κ1) is 27.6. The van der Waals surface area contributed by atoms with E-state index in [1.54, 1.807) is 16.8 Å². The minimum absolute atomic E-state index is 0.00966. The summed E-state index contributed by atoms with van der Waals surface area (Å²) in [7, 11) is 3.30. The molecule has 210 valence electrons. The van der Waals surface area contributed by atoms with Crippen LogP contribution in [0, 0.1) is 19.8 Å². The first-order valence-corrected chi connectivity index (χ1v) is 13.7. The van der Waals surface area contributed by atoms with Crippen LogP contribution in [0.25, 0.3) is 11.0 Å². The fraction of sp³-hybridized carbons (Fsp3) is 0.419. The summed E-state index contributed by atoms with van der Waals surface area (Å²) in [4.78, 5) is 19.3. The number of methoxy groups -OCH3 is 1. The lowest BCUT2D eigenvalue weighted by atomic mass is 9.84. The number of ether oxygens (including phenoxy) is 2. The zero-order valence-electron chi connectivity index (χ0n) is 24.0. The SMILES string of the molecule is COC(=O)C[C@@H](c1ccc(C)c(CN2Cc3nc(O)ccc3O[C@H](C(C)C)C2)c1)c1ccc2c(nnn2C)c1C. The minimum Gasteiger partial charge on any atom is -0.493 e. The van der Waals surface area contributed by atoms with Crippen molar-refractivity contribution in [2.75, 3.05) is 13.7 Å². The van der Waals surface area contributed by atoms with E-state index in [1.165, 1.54) is 7.11 Å². The number of nitrogens with zero attached hydrogens (tertiary/aromatic N) is 5. The topological polar surface area (TPSA) is 103 Å². The Hall–Kier alpha value is -3.98. The Morgan fingerprint density at radius 1 is 1.18 bits per heavy atom. The van der Waals surface area contributed by atoms with Crippen LogP contribution in [-0.4, -0.2) is 55.7 Å². The van der Waals surface area contributed by atoms with E-state index < -0.39 is 0 Å². The van der Waals surface area contributed by atoms with E-state index in [1.807, 2.05) is 20.0 Å². The highest BCUT2D eigenvalue weighted by Crippen LogP contribution is 2.35. The zero-order chi connectivity index (χ0) is 28.6. The molecule has 1 aliphatic heterocycles. The van der Waals surface area contributed by atoms with Crippen molar-refractivity contribution < 1.29 is 19.4 Å². The summed E-state index contributed by atoms with van der Waals surface area (Å²) in [5, 5.41) is 18.6. The van der Waals surface area contributed by atoms with Crippen LogP contribution in [0.3, 0.4) is 0 Å². The number of aryl methyl sites for hydroxylation is 3. The lowest BCUT2D eigenvalue weighted by Gasteiger charge is -2.27. The fourth-order valence-corrected chi connectivity index (χ4v) is 5.50. The minimum atomic E-state index is -0.266. The molecule has 0 unspecified atom stereocenters. The molecule has 0 saturated heterocycles. The van der Waals surface area contributed by atoms with Crippen molar-refractivity contribution in [3.05, 3.63) is 76.0 Å². The summed E-state index contributed by atoms with van der Waals surface area (Å²) in [5.74, 6) is 0.547. The van der Waals surface area contributed by atoms with Crippen LogP contribution in [0.5, 0.6) is 11.6 Å². The van der Waals surface area contributed by atoms with Gasteiger partial charge in [0.25, 0.3) is 0 Å². The van der Waals surface area contributed by atoms with Crippen molar-refractivity contribution in [3.8, 4) is 11.6 Å². The predicted molar refractivity (Wildman–Crippen MR) is 152 cm³/mol. The third-order valence-electron chi connectivity index (χ3n) is 7.97. The van der Waals surface area contributed by atoms with Gasteiger partial charge in [-0.05, 0) is 59.7 Å². The van der Waals surface area contributed by atoms with Crippen molar-refractivity contribution in [2.24, 2.45) is 13.0 Å². The van der Waals surface area contributed by atoms with Crippen molar-refractivity contribution in [1.29, 1.82) is 0 Å². The molecule has 3 heterocycles. The van der Waals surface area contributed by atoms with Gasteiger partial charge in [0.1, 0.15) is 23.1 Å². The van der Waals surface area contributed by atoms with Crippen molar-refractivity contribution in [3.63, 3.8) is 0 Å². The number of fused-ring (bicyclic) bond motifs is 2. The fourth-order valence-electron chi connectivity index (χ4n) is 5.50. The van der Waals surface area contributed by atoms with Gasteiger partial charge in [-0.2, -0.15) is 0 Å². The van der Waals surface area contributed by atoms with E-state index in [0.29, 0.717) is 19.0 Å². The van der Waals surface area contributed by atoms with Crippen LogP contribution in [0.15, 0.2) is 42.5 Å². The van der Waals surface area contributed by atoms with E-state index in [0.717, 1.165) is 56.8 Å². The van der Waals surface area contributed by atoms with E-state index in [4.69, 9.17) is 9.47 Å². The van der Waals surface area contributed by atoms with E-state index in [9.17, 15) is 9.90 Å². The lowest BCUT2D eigenvalue weighted by Crippen LogP contribution is -2.36. The molecule has 1 N–H and O–H groups in total. The average Bonchev–Trinajstić information content (AvgIpc) is 3.20. The summed E-state index contributed by atoms with van der Waals surface area (Å²) >= 11 is 0. The Morgan fingerprint density at radius 3 is 2.73 bits per heavy atom. The maximum atomic E-state index is 12.6. The maximum absolute atomic E-state index is 12.6. The van der Waals surface area contributed by atoms with Gasteiger partial charge in [-0.25, -0.2) is 9.67 Å². The lowest BCUT2D eigenvalue weighted by molar-refractivity contribution is -0.140. The molecule has 0 bridgehead atoms. The van der Waals surface area contributed by atoms with Crippen LogP contribution >= 0.6 is 0 Å². The largest absolute Gasteiger partial charge is 0.493 e. The molecule has 9 heteroatoms. The van der Waals surface area contributed by atoms with Crippen molar-refractivity contribution in [1.82, 2.24) is 24.9 Å². The molecule has 2 aromatic heterocycles. The Morgan fingerprint density at radius 2 is 1.98 bits per heavy atom. The number of hydrogen-bond donors (Lipinski definition) is 1. The van der Waals surface area contributed by atoms with Gasteiger partial charge in [-0.15, -0.1) is 5.10 Å². The monoisotopic (exact) mass is 543 g/mol. The number of hydrogen-bond acceptors (Lipinski definition) is 8. The molecule has 9 nitrogen and oxygen atoms in total. The normalized spacial score (nSPS) is 16.4. The molecule has 2 aromatic carbocycles. The number of pyridine rings is 1. The predicted octanol–water partition coefficient (Wildman–Crippen LogP) is 4.80. The second kappa shape index (κ2) is 11.3. The third-order valence-corrected chi connectivity index (χ3v) is 7.97. The van der Waals surface area contributed by atoms with Gasteiger partial charge in [0.15, 0.2) is 0 Å². The molecule has 0 amide bonds. The molecular weight excluding hydrogens is 506 g/mol. The highest BCUT2D eigenvalue weighted by molar-refractivity contribution is 5.80. The van der Waals surface area contributed by atoms with Crippen LogP contribution in [0.1, 0.15) is 59.7 Å². The van der Waals surface area contributed by atoms with Gasteiger partial charge in [0.2, 0.25) is 5.88 Å². The number of aromatic hydroxyl groups is 1. The zero-order valence-corrected chi connectivity index (χ0v) is 24.0. The Bertz CT molecular complexity index is 1550. The summed E-state index contributed by atoms with van der Waals surface area (Å²) in [6, 6.07) is 13.9. The molecule has 5 rings (SSSR count). The highest BCUT2D eigenvalue weighted by atomic mass is 16.5. The van der Waals surface area contributed by atoms with Gasteiger partial charge in [-0.1, -0.05) is 43.3 Å². The van der Waals surface area contributed by atoms with Gasteiger partial charge in [0, 0.05) is 38.7 Å². The van der Waals surface area contributed by atoms with Gasteiger partial charge < -0.3 is 14.6 Å². The molecule has 4 aromatic rings. The maximum Gasteiger partial charge on any atom is 0.306 e. The van der Waals surface area contributed by atoms with Crippen LogP contribution < -0.4 is 4.74 Å². The molecule has 2 atom stereocenters. The molecule has 0 saturated carbocycles. The number of rotatable bonds is 7. The second-order valence-corrected chi connectivity index (χ2v) is 11.1. The number of carbonyl (C=O) groups excluding carboxylic acids is 1. The highest BCUT2D eigenvalue weighted by Gasteiger charge is 2.28. The number of aromatic nitrogens is 4. The molecule has 40 heavy (non-hydrogen) atoms. The molecular formula is C31H37N5O4. The first-order valence-electron chi connectivity index (χ1n) is 13.7. The van der Waals surface area contributed by atoms with E-state index in [-0.39, 0.29) is 30.3 Å². The smallest absolute Gasteiger partial charge is 0.306 e. The van der Waals surface area contributed by atoms with Gasteiger partial charge >= 0.3 is 5.97 Å². The van der Waals surface area contributed by atoms with Crippen LogP contribution in [-0.2, 0) is 29.7 Å². The number of carbonyl (C=O) groups is 1. The molecule has 0 spiro atoms.